The fourth-order valence-corrected chi connectivity index (χ4v) is 1.97. The first kappa shape index (κ1) is 14.6. The molecule has 0 unspecified atom stereocenters. The number of hydrogen-bond acceptors (Lipinski definition) is 4. The van der Waals surface area contributed by atoms with Gasteiger partial charge in [0.25, 0.3) is 5.91 Å². The Morgan fingerprint density at radius 3 is 2.61 bits per heavy atom. The van der Waals surface area contributed by atoms with Crippen molar-refractivity contribution in [2.24, 2.45) is 5.41 Å². The van der Waals surface area contributed by atoms with Crippen molar-refractivity contribution in [3.05, 3.63) is 24.0 Å². The third kappa shape index (κ3) is 3.77. The van der Waals surface area contributed by atoms with E-state index in [1.165, 1.54) is 12.4 Å². The third-order valence-electron chi connectivity index (χ3n) is 3.61. The number of nitrogens with one attached hydrogen (secondary N) is 1. The molecule has 18 heavy (non-hydrogen) atoms. The van der Waals surface area contributed by atoms with E-state index >= 15 is 0 Å². The minimum Gasteiger partial charge on any atom is -0.396 e. The second-order valence-electron chi connectivity index (χ2n) is 4.49. The van der Waals surface area contributed by atoms with Gasteiger partial charge in [-0.05, 0) is 30.7 Å². The molecule has 2 N–H and O–H groups in total. The van der Waals surface area contributed by atoms with Crippen molar-refractivity contribution < 1.29 is 9.90 Å². The molecular weight excluding hydrogens is 230 g/mol. The van der Waals surface area contributed by atoms with Crippen LogP contribution in [0.15, 0.2) is 18.5 Å². The average molecular weight is 251 g/mol. The molecule has 1 amide bonds. The summed E-state index contributed by atoms with van der Waals surface area (Å²) in [7, 11) is 0. The minimum atomic E-state index is -0.144. The number of carbonyl (C=O) groups is 1. The summed E-state index contributed by atoms with van der Waals surface area (Å²) in [6, 6.07) is 1.63. The normalized spacial score (nSPS) is 11.3. The first-order chi connectivity index (χ1) is 8.67. The van der Waals surface area contributed by atoms with E-state index in [0.717, 1.165) is 12.8 Å². The van der Waals surface area contributed by atoms with E-state index in [-0.39, 0.29) is 17.9 Å². The predicted molar refractivity (Wildman–Crippen MR) is 69.1 cm³/mol. The number of aliphatic hydroxyl groups excluding tert-OH is 1. The summed E-state index contributed by atoms with van der Waals surface area (Å²) in [5.74, 6) is -0.144. The fraction of sp³-hybridized carbons (Fsp3) is 0.615. The summed E-state index contributed by atoms with van der Waals surface area (Å²) in [5.41, 5.74) is 0.486. The summed E-state index contributed by atoms with van der Waals surface area (Å²) >= 11 is 0. The van der Waals surface area contributed by atoms with Gasteiger partial charge in [-0.2, -0.15) is 10.2 Å². The van der Waals surface area contributed by atoms with Gasteiger partial charge >= 0.3 is 0 Å². The van der Waals surface area contributed by atoms with Gasteiger partial charge in [0, 0.05) is 13.2 Å². The van der Waals surface area contributed by atoms with Gasteiger partial charge in [0.1, 0.15) is 0 Å². The van der Waals surface area contributed by atoms with Crippen molar-refractivity contribution in [3.8, 4) is 0 Å². The molecule has 0 aliphatic rings. The van der Waals surface area contributed by atoms with E-state index in [1.807, 2.05) is 0 Å². The number of hydrogen-bond donors (Lipinski definition) is 2. The zero-order valence-corrected chi connectivity index (χ0v) is 11.0. The second-order valence-corrected chi connectivity index (χ2v) is 4.49. The standard InChI is InChI=1S/C13H21N3O2/c1-3-13(4-2,6-8-17)10-14-12(18)11-5-7-15-16-9-11/h5,7,9,17H,3-4,6,8,10H2,1-2H3,(H,14,18). The zero-order valence-electron chi connectivity index (χ0n) is 11.0. The third-order valence-corrected chi connectivity index (χ3v) is 3.61. The molecule has 0 atom stereocenters. The number of aliphatic hydroxyl groups is 1. The smallest absolute Gasteiger partial charge is 0.252 e. The first-order valence-corrected chi connectivity index (χ1v) is 6.33. The van der Waals surface area contributed by atoms with Gasteiger partial charge < -0.3 is 10.4 Å². The summed E-state index contributed by atoms with van der Waals surface area (Å²) in [4.78, 5) is 11.9. The van der Waals surface area contributed by atoms with Crippen LogP contribution in [0.25, 0.3) is 0 Å². The fourth-order valence-electron chi connectivity index (χ4n) is 1.97. The van der Waals surface area contributed by atoms with E-state index in [9.17, 15) is 4.79 Å². The van der Waals surface area contributed by atoms with Crippen molar-refractivity contribution in [1.82, 2.24) is 15.5 Å². The van der Waals surface area contributed by atoms with Gasteiger partial charge in [-0.15, -0.1) is 0 Å². The molecule has 0 aromatic carbocycles. The van der Waals surface area contributed by atoms with E-state index in [1.54, 1.807) is 6.07 Å². The number of carbonyl (C=O) groups excluding carboxylic acids is 1. The first-order valence-electron chi connectivity index (χ1n) is 6.33. The van der Waals surface area contributed by atoms with Crippen LogP contribution in [0, 0.1) is 5.41 Å². The number of rotatable bonds is 7. The molecule has 5 heteroatoms. The molecule has 1 aromatic rings. The average Bonchev–Trinajstić information content (AvgIpc) is 2.44. The molecule has 0 spiro atoms. The Hall–Kier alpha value is -1.49. The lowest BCUT2D eigenvalue weighted by molar-refractivity contribution is 0.0906. The van der Waals surface area contributed by atoms with E-state index < -0.39 is 0 Å². The Labute approximate surface area is 108 Å². The van der Waals surface area contributed by atoms with Crippen molar-refractivity contribution in [3.63, 3.8) is 0 Å². The SMILES string of the molecule is CCC(CC)(CCO)CNC(=O)c1ccnnc1. The summed E-state index contributed by atoms with van der Waals surface area (Å²) < 4.78 is 0. The van der Waals surface area contributed by atoms with Crippen molar-refractivity contribution in [1.29, 1.82) is 0 Å². The molecule has 100 valence electrons. The maximum Gasteiger partial charge on any atom is 0.252 e. The lowest BCUT2D eigenvalue weighted by Gasteiger charge is -2.31. The van der Waals surface area contributed by atoms with E-state index in [2.05, 4.69) is 29.4 Å². The van der Waals surface area contributed by atoms with Gasteiger partial charge in [-0.25, -0.2) is 0 Å². The molecule has 0 aliphatic carbocycles. The molecule has 0 saturated carbocycles. The zero-order chi connectivity index (χ0) is 13.4. The largest absolute Gasteiger partial charge is 0.396 e. The van der Waals surface area contributed by atoms with Crippen LogP contribution in [0.2, 0.25) is 0 Å². The lowest BCUT2D eigenvalue weighted by Crippen LogP contribution is -2.37. The second kappa shape index (κ2) is 7.06. The van der Waals surface area contributed by atoms with Crippen molar-refractivity contribution in [2.45, 2.75) is 33.1 Å². The Balaban J connectivity index is 2.60. The van der Waals surface area contributed by atoms with Gasteiger partial charge in [0.15, 0.2) is 0 Å². The Morgan fingerprint density at radius 2 is 2.11 bits per heavy atom. The van der Waals surface area contributed by atoms with E-state index in [4.69, 9.17) is 5.11 Å². The maximum absolute atomic E-state index is 11.9. The molecule has 0 aliphatic heterocycles. The van der Waals surface area contributed by atoms with Crippen LogP contribution < -0.4 is 5.32 Å². The van der Waals surface area contributed by atoms with Crippen LogP contribution in [0.1, 0.15) is 43.5 Å². The van der Waals surface area contributed by atoms with Gasteiger partial charge in [0.2, 0.25) is 0 Å². The Kier molecular flexibility index (Phi) is 5.71. The Bertz CT molecular complexity index is 364. The molecule has 0 saturated heterocycles. The highest BCUT2D eigenvalue weighted by molar-refractivity contribution is 5.93. The number of nitrogens with zero attached hydrogens (tertiary/aromatic N) is 2. The molecule has 0 fully saturated rings. The van der Waals surface area contributed by atoms with Gasteiger partial charge in [-0.3, -0.25) is 4.79 Å². The summed E-state index contributed by atoms with van der Waals surface area (Å²) in [5, 5.41) is 19.3. The number of amides is 1. The monoisotopic (exact) mass is 251 g/mol. The van der Waals surface area contributed by atoms with Crippen LogP contribution in [0.4, 0.5) is 0 Å². The minimum absolute atomic E-state index is 0.0229. The number of aromatic nitrogens is 2. The van der Waals surface area contributed by atoms with Crippen molar-refractivity contribution >= 4 is 5.91 Å². The molecule has 1 aromatic heterocycles. The molecule has 5 nitrogen and oxygen atoms in total. The lowest BCUT2D eigenvalue weighted by atomic mass is 9.79. The molecule has 1 rings (SSSR count). The van der Waals surface area contributed by atoms with Crippen LogP contribution in [0.5, 0.6) is 0 Å². The van der Waals surface area contributed by atoms with Gasteiger partial charge in [-0.1, -0.05) is 13.8 Å². The highest BCUT2D eigenvalue weighted by Crippen LogP contribution is 2.29. The molecule has 0 radical (unpaired) electrons. The van der Waals surface area contributed by atoms with Gasteiger partial charge in [0.05, 0.1) is 18.0 Å². The van der Waals surface area contributed by atoms with Crippen molar-refractivity contribution in [2.75, 3.05) is 13.2 Å². The van der Waals surface area contributed by atoms with Crippen LogP contribution in [-0.2, 0) is 0 Å². The molecule has 0 bridgehead atoms. The quantitative estimate of drug-likeness (QED) is 0.768. The van der Waals surface area contributed by atoms with Crippen LogP contribution in [-0.4, -0.2) is 34.4 Å². The molecule has 1 heterocycles. The predicted octanol–water partition coefficient (Wildman–Crippen LogP) is 1.40. The topological polar surface area (TPSA) is 75.1 Å². The maximum atomic E-state index is 11.9. The summed E-state index contributed by atoms with van der Waals surface area (Å²) in [6.07, 6.45) is 5.50. The van der Waals surface area contributed by atoms with E-state index in [0.29, 0.717) is 18.5 Å². The highest BCUT2D eigenvalue weighted by atomic mass is 16.3. The van der Waals surface area contributed by atoms with Crippen LogP contribution >= 0.6 is 0 Å². The Morgan fingerprint density at radius 1 is 1.39 bits per heavy atom. The molecular formula is C13H21N3O2. The summed E-state index contributed by atoms with van der Waals surface area (Å²) in [6.45, 7) is 4.88. The van der Waals surface area contributed by atoms with Crippen LogP contribution in [0.3, 0.4) is 0 Å². The highest BCUT2D eigenvalue weighted by Gasteiger charge is 2.26.